The number of hydrogen-bond acceptors (Lipinski definition) is 5. The number of aryl methyl sites for hydroxylation is 1. The Hall–Kier alpha value is -3.28. The van der Waals surface area contributed by atoms with Crippen LogP contribution in [-0.2, 0) is 9.59 Å². The lowest BCUT2D eigenvalue weighted by Gasteiger charge is -2.25. The van der Waals surface area contributed by atoms with Gasteiger partial charge in [-0.1, -0.05) is 26.0 Å². The van der Waals surface area contributed by atoms with Crippen LogP contribution in [0.2, 0.25) is 0 Å². The molecule has 2 aromatic carbocycles. The van der Waals surface area contributed by atoms with Gasteiger partial charge in [0, 0.05) is 12.1 Å². The average Bonchev–Trinajstić information content (AvgIpc) is 3.04. The second kappa shape index (κ2) is 10.4. The second-order valence-corrected chi connectivity index (χ2v) is 7.82. The van der Waals surface area contributed by atoms with Crippen LogP contribution in [0.25, 0.3) is 5.76 Å². The lowest BCUT2D eigenvalue weighted by atomic mass is 9.94. The van der Waals surface area contributed by atoms with Gasteiger partial charge in [-0.05, 0) is 68.1 Å². The lowest BCUT2D eigenvalue weighted by Crippen LogP contribution is -2.30. The summed E-state index contributed by atoms with van der Waals surface area (Å²) in [5.41, 5.74) is 2.19. The van der Waals surface area contributed by atoms with Crippen LogP contribution in [0.3, 0.4) is 0 Å². The number of hydrogen-bond donors (Lipinski definition) is 1. The summed E-state index contributed by atoms with van der Waals surface area (Å²) in [5, 5.41) is 11.2. The minimum atomic E-state index is -0.668. The fraction of sp³-hybridized carbons (Fsp3) is 0.385. The Balaban J connectivity index is 2.07. The van der Waals surface area contributed by atoms with E-state index in [1.165, 1.54) is 4.90 Å². The smallest absolute Gasteiger partial charge is 0.295 e. The number of nitrogens with zero attached hydrogens (tertiary/aromatic N) is 1. The third-order valence-corrected chi connectivity index (χ3v) is 5.42. The second-order valence-electron chi connectivity index (χ2n) is 7.82. The summed E-state index contributed by atoms with van der Waals surface area (Å²) in [5.74, 6) is 0.0107. The van der Waals surface area contributed by atoms with Crippen molar-refractivity contribution in [1.82, 2.24) is 4.90 Å². The number of carbonyl (C=O) groups is 2. The quantitative estimate of drug-likeness (QED) is 0.339. The van der Waals surface area contributed by atoms with E-state index < -0.39 is 17.7 Å². The molecule has 0 aromatic heterocycles. The fourth-order valence-electron chi connectivity index (χ4n) is 3.94. The summed E-state index contributed by atoms with van der Waals surface area (Å²) in [6.07, 6.45) is 1.59. The number of aliphatic hydroxyl groups excluding tert-OH is 1. The predicted molar refractivity (Wildman–Crippen MR) is 124 cm³/mol. The standard InChI is InChI=1S/C26H31NO5/c1-5-14-27-23(18-8-11-20(12-9-18)31-7-3)22(25(29)26(27)30)24(28)19-10-13-21(17(4)16-19)32-15-6-2/h8-13,16,23,28H,5-7,14-15H2,1-4H3/b24-22-. The molecule has 0 spiro atoms. The number of ether oxygens (including phenoxy) is 2. The largest absolute Gasteiger partial charge is 0.507 e. The van der Waals surface area contributed by atoms with E-state index in [1.807, 2.05) is 52.0 Å². The number of benzene rings is 2. The van der Waals surface area contributed by atoms with Crippen molar-refractivity contribution in [2.45, 2.75) is 46.6 Å². The molecule has 1 aliphatic rings. The molecule has 1 fully saturated rings. The Bertz CT molecular complexity index is 1010. The number of rotatable bonds is 9. The molecule has 2 aromatic rings. The molecule has 1 unspecified atom stereocenters. The lowest BCUT2D eigenvalue weighted by molar-refractivity contribution is -0.139. The maximum atomic E-state index is 13.0. The summed E-state index contributed by atoms with van der Waals surface area (Å²) in [6, 6.07) is 11.9. The molecule has 3 rings (SSSR count). The molecule has 1 atom stereocenters. The Morgan fingerprint density at radius 1 is 1.00 bits per heavy atom. The number of ketones is 1. The van der Waals surface area contributed by atoms with E-state index in [4.69, 9.17) is 9.47 Å². The first-order valence-electron chi connectivity index (χ1n) is 11.2. The zero-order valence-corrected chi connectivity index (χ0v) is 19.2. The van der Waals surface area contributed by atoms with Crippen LogP contribution in [-0.4, -0.2) is 41.5 Å². The number of amides is 1. The molecule has 1 heterocycles. The first-order valence-corrected chi connectivity index (χ1v) is 11.2. The van der Waals surface area contributed by atoms with Crippen molar-refractivity contribution in [3.63, 3.8) is 0 Å². The zero-order chi connectivity index (χ0) is 23.3. The van der Waals surface area contributed by atoms with Crippen molar-refractivity contribution in [3.8, 4) is 11.5 Å². The van der Waals surface area contributed by atoms with E-state index in [2.05, 4.69) is 0 Å². The molecule has 1 amide bonds. The molecule has 1 saturated heterocycles. The monoisotopic (exact) mass is 437 g/mol. The van der Waals surface area contributed by atoms with Crippen molar-refractivity contribution >= 4 is 17.4 Å². The third-order valence-electron chi connectivity index (χ3n) is 5.42. The number of aliphatic hydroxyl groups is 1. The minimum Gasteiger partial charge on any atom is -0.507 e. The first-order chi connectivity index (χ1) is 15.4. The molecule has 1 aliphatic heterocycles. The number of carbonyl (C=O) groups excluding carboxylic acids is 2. The van der Waals surface area contributed by atoms with Gasteiger partial charge in [0.15, 0.2) is 0 Å². The summed E-state index contributed by atoms with van der Waals surface area (Å²) in [4.78, 5) is 27.4. The molecule has 6 heteroatoms. The highest BCUT2D eigenvalue weighted by atomic mass is 16.5. The zero-order valence-electron chi connectivity index (χ0n) is 19.2. The fourth-order valence-corrected chi connectivity index (χ4v) is 3.94. The van der Waals surface area contributed by atoms with Crippen LogP contribution in [0, 0.1) is 6.92 Å². The minimum absolute atomic E-state index is 0.106. The molecule has 6 nitrogen and oxygen atoms in total. The topological polar surface area (TPSA) is 76.1 Å². The predicted octanol–water partition coefficient (Wildman–Crippen LogP) is 5.01. The van der Waals surface area contributed by atoms with E-state index >= 15 is 0 Å². The highest BCUT2D eigenvalue weighted by molar-refractivity contribution is 6.46. The van der Waals surface area contributed by atoms with Gasteiger partial charge >= 0.3 is 0 Å². The summed E-state index contributed by atoms with van der Waals surface area (Å²) in [7, 11) is 0. The van der Waals surface area contributed by atoms with Gasteiger partial charge < -0.3 is 19.5 Å². The maximum absolute atomic E-state index is 13.0. The Morgan fingerprint density at radius 2 is 1.72 bits per heavy atom. The van der Waals surface area contributed by atoms with Crippen LogP contribution in [0.1, 0.15) is 56.3 Å². The van der Waals surface area contributed by atoms with E-state index in [-0.39, 0.29) is 11.3 Å². The summed E-state index contributed by atoms with van der Waals surface area (Å²) >= 11 is 0. The molecule has 0 aliphatic carbocycles. The van der Waals surface area contributed by atoms with E-state index in [0.717, 1.165) is 23.3 Å². The van der Waals surface area contributed by atoms with Crippen LogP contribution in [0.4, 0.5) is 0 Å². The number of Topliss-reactive ketones (excluding diaryl/α,β-unsaturated/α-hetero) is 1. The van der Waals surface area contributed by atoms with E-state index in [1.54, 1.807) is 18.2 Å². The third kappa shape index (κ3) is 4.64. The molecule has 170 valence electrons. The molecular formula is C26H31NO5. The van der Waals surface area contributed by atoms with Gasteiger partial charge in [0.05, 0.1) is 24.8 Å². The van der Waals surface area contributed by atoms with Gasteiger partial charge in [0.2, 0.25) is 0 Å². The molecule has 32 heavy (non-hydrogen) atoms. The van der Waals surface area contributed by atoms with E-state index in [9.17, 15) is 14.7 Å². The Labute approximate surface area is 189 Å². The molecule has 1 N–H and O–H groups in total. The van der Waals surface area contributed by atoms with Crippen molar-refractivity contribution in [1.29, 1.82) is 0 Å². The van der Waals surface area contributed by atoms with Crippen molar-refractivity contribution < 1.29 is 24.2 Å². The van der Waals surface area contributed by atoms with Crippen LogP contribution in [0.15, 0.2) is 48.0 Å². The van der Waals surface area contributed by atoms with Crippen LogP contribution in [0.5, 0.6) is 11.5 Å². The molecule has 0 saturated carbocycles. The maximum Gasteiger partial charge on any atom is 0.295 e. The van der Waals surface area contributed by atoms with Crippen LogP contribution >= 0.6 is 0 Å². The van der Waals surface area contributed by atoms with Gasteiger partial charge in [-0.25, -0.2) is 0 Å². The Kier molecular flexibility index (Phi) is 7.57. The average molecular weight is 438 g/mol. The first kappa shape index (κ1) is 23.4. The normalized spacial score (nSPS) is 17.6. The summed E-state index contributed by atoms with van der Waals surface area (Å²) < 4.78 is 11.2. The van der Waals surface area contributed by atoms with Crippen molar-refractivity contribution in [2.24, 2.45) is 0 Å². The van der Waals surface area contributed by atoms with Gasteiger partial charge in [0.25, 0.3) is 11.7 Å². The van der Waals surface area contributed by atoms with Gasteiger partial charge in [-0.2, -0.15) is 0 Å². The number of likely N-dealkylation sites (tertiary alicyclic amines) is 1. The Morgan fingerprint density at radius 3 is 2.31 bits per heavy atom. The molecular weight excluding hydrogens is 406 g/mol. The highest BCUT2D eigenvalue weighted by Crippen LogP contribution is 2.40. The van der Waals surface area contributed by atoms with Crippen molar-refractivity contribution in [3.05, 3.63) is 64.7 Å². The van der Waals surface area contributed by atoms with Gasteiger partial charge in [-0.15, -0.1) is 0 Å². The van der Waals surface area contributed by atoms with E-state index in [0.29, 0.717) is 37.5 Å². The SMILES string of the molecule is CCCOc1ccc(/C(O)=C2/C(=O)C(=O)N(CCC)C2c2ccc(OCC)cc2)cc1C. The van der Waals surface area contributed by atoms with Gasteiger partial charge in [0.1, 0.15) is 17.3 Å². The van der Waals surface area contributed by atoms with Crippen LogP contribution < -0.4 is 9.47 Å². The molecule has 0 bridgehead atoms. The van der Waals surface area contributed by atoms with Gasteiger partial charge in [-0.3, -0.25) is 9.59 Å². The van der Waals surface area contributed by atoms with Crippen molar-refractivity contribution in [2.75, 3.05) is 19.8 Å². The highest BCUT2D eigenvalue weighted by Gasteiger charge is 2.45. The summed E-state index contributed by atoms with van der Waals surface area (Å²) in [6.45, 7) is 9.35. The molecule has 0 radical (unpaired) electrons.